The SMILES string of the molecule is COc1ccc(-c2ccc(C(O)CNCCO)cc2)cc1. The largest absolute Gasteiger partial charge is 0.497 e. The molecule has 1 atom stereocenters. The van der Waals surface area contributed by atoms with Gasteiger partial charge in [0.05, 0.1) is 19.8 Å². The van der Waals surface area contributed by atoms with Gasteiger partial charge in [0.2, 0.25) is 0 Å². The maximum Gasteiger partial charge on any atom is 0.118 e. The van der Waals surface area contributed by atoms with Crippen molar-refractivity contribution in [1.29, 1.82) is 0 Å². The number of hydrogen-bond acceptors (Lipinski definition) is 4. The topological polar surface area (TPSA) is 61.7 Å². The third-order valence-electron chi connectivity index (χ3n) is 3.35. The van der Waals surface area contributed by atoms with Crippen molar-refractivity contribution in [3.8, 4) is 16.9 Å². The molecule has 0 saturated heterocycles. The zero-order valence-corrected chi connectivity index (χ0v) is 12.1. The van der Waals surface area contributed by atoms with Crippen LogP contribution in [0.4, 0.5) is 0 Å². The lowest BCUT2D eigenvalue weighted by Crippen LogP contribution is -2.24. The number of rotatable bonds is 7. The smallest absolute Gasteiger partial charge is 0.118 e. The highest BCUT2D eigenvalue weighted by atomic mass is 16.5. The molecule has 1 unspecified atom stereocenters. The van der Waals surface area contributed by atoms with E-state index in [1.54, 1.807) is 7.11 Å². The first-order valence-corrected chi connectivity index (χ1v) is 6.98. The van der Waals surface area contributed by atoms with Crippen LogP contribution in [0.5, 0.6) is 5.75 Å². The molecule has 2 aromatic carbocycles. The number of benzene rings is 2. The molecule has 4 heteroatoms. The minimum atomic E-state index is -0.568. The summed E-state index contributed by atoms with van der Waals surface area (Å²) in [5.74, 6) is 0.834. The third-order valence-corrected chi connectivity index (χ3v) is 3.35. The standard InChI is InChI=1S/C17H21NO3/c1-21-16-8-6-14(7-9-16)13-2-4-15(5-3-13)17(20)12-18-10-11-19/h2-9,17-20H,10-12H2,1H3. The molecule has 2 aromatic rings. The van der Waals surface area contributed by atoms with Gasteiger partial charge in [-0.05, 0) is 28.8 Å². The molecule has 0 heterocycles. The van der Waals surface area contributed by atoms with Crippen molar-refractivity contribution < 1.29 is 14.9 Å². The second kappa shape index (κ2) is 7.78. The fourth-order valence-corrected chi connectivity index (χ4v) is 2.12. The lowest BCUT2D eigenvalue weighted by Gasteiger charge is -2.12. The van der Waals surface area contributed by atoms with Gasteiger partial charge < -0.3 is 20.3 Å². The van der Waals surface area contributed by atoms with Crippen LogP contribution in [0.25, 0.3) is 11.1 Å². The second-order valence-corrected chi connectivity index (χ2v) is 4.79. The zero-order valence-electron chi connectivity index (χ0n) is 12.1. The van der Waals surface area contributed by atoms with Crippen LogP contribution in [0.3, 0.4) is 0 Å². The molecular formula is C17H21NO3. The van der Waals surface area contributed by atoms with Crippen LogP contribution in [-0.2, 0) is 0 Å². The van der Waals surface area contributed by atoms with E-state index in [0.717, 1.165) is 22.4 Å². The number of aliphatic hydroxyl groups is 2. The number of methoxy groups -OCH3 is 1. The number of aliphatic hydroxyl groups excluding tert-OH is 2. The summed E-state index contributed by atoms with van der Waals surface area (Å²) in [5.41, 5.74) is 3.06. The average Bonchev–Trinajstić information content (AvgIpc) is 2.55. The molecule has 0 aliphatic heterocycles. The van der Waals surface area contributed by atoms with E-state index in [-0.39, 0.29) is 6.61 Å². The van der Waals surface area contributed by atoms with E-state index in [0.29, 0.717) is 13.1 Å². The Morgan fingerprint density at radius 1 is 1.00 bits per heavy atom. The van der Waals surface area contributed by atoms with E-state index < -0.39 is 6.10 Å². The lowest BCUT2D eigenvalue weighted by molar-refractivity contribution is 0.171. The summed E-state index contributed by atoms with van der Waals surface area (Å²) in [7, 11) is 1.65. The van der Waals surface area contributed by atoms with Gasteiger partial charge in [-0.25, -0.2) is 0 Å². The first-order chi connectivity index (χ1) is 10.2. The van der Waals surface area contributed by atoms with Gasteiger partial charge in [0, 0.05) is 13.1 Å². The highest BCUT2D eigenvalue weighted by Crippen LogP contribution is 2.24. The first-order valence-electron chi connectivity index (χ1n) is 6.98. The summed E-state index contributed by atoms with van der Waals surface area (Å²) in [6, 6.07) is 15.7. The molecule has 0 amide bonds. The molecule has 0 saturated carbocycles. The summed E-state index contributed by atoms with van der Waals surface area (Å²) in [6.07, 6.45) is -0.568. The van der Waals surface area contributed by atoms with Crippen LogP contribution < -0.4 is 10.1 Å². The summed E-state index contributed by atoms with van der Waals surface area (Å²) in [4.78, 5) is 0. The molecule has 0 spiro atoms. The Hall–Kier alpha value is -1.88. The van der Waals surface area contributed by atoms with Crippen molar-refractivity contribution in [3.05, 3.63) is 54.1 Å². The van der Waals surface area contributed by atoms with Crippen molar-refractivity contribution in [1.82, 2.24) is 5.32 Å². The summed E-state index contributed by atoms with van der Waals surface area (Å²) >= 11 is 0. The first kappa shape index (κ1) is 15.5. The molecule has 0 aromatic heterocycles. The molecule has 0 aliphatic rings. The van der Waals surface area contributed by atoms with Crippen LogP contribution in [0.15, 0.2) is 48.5 Å². The predicted octanol–water partition coefficient (Wildman–Crippen LogP) is 1.98. The van der Waals surface area contributed by atoms with Gasteiger partial charge in [0.25, 0.3) is 0 Å². The summed E-state index contributed by atoms with van der Waals surface area (Å²) in [6.45, 7) is 0.993. The van der Waals surface area contributed by atoms with Crippen molar-refractivity contribution >= 4 is 0 Å². The van der Waals surface area contributed by atoms with E-state index in [2.05, 4.69) is 5.32 Å². The number of hydrogen-bond donors (Lipinski definition) is 3. The molecule has 0 radical (unpaired) electrons. The molecule has 21 heavy (non-hydrogen) atoms. The highest BCUT2D eigenvalue weighted by Gasteiger charge is 2.07. The van der Waals surface area contributed by atoms with Gasteiger partial charge in [-0.2, -0.15) is 0 Å². The number of nitrogens with one attached hydrogen (secondary N) is 1. The minimum absolute atomic E-state index is 0.0725. The molecule has 3 N–H and O–H groups in total. The second-order valence-electron chi connectivity index (χ2n) is 4.79. The Bertz CT molecular complexity index is 537. The molecule has 0 bridgehead atoms. The Morgan fingerprint density at radius 3 is 2.10 bits per heavy atom. The van der Waals surface area contributed by atoms with Gasteiger partial charge in [-0.3, -0.25) is 0 Å². The Morgan fingerprint density at radius 2 is 1.57 bits per heavy atom. The summed E-state index contributed by atoms with van der Waals surface area (Å²) in [5, 5.41) is 21.7. The average molecular weight is 287 g/mol. The summed E-state index contributed by atoms with van der Waals surface area (Å²) < 4.78 is 5.14. The van der Waals surface area contributed by atoms with Crippen LogP contribution in [-0.4, -0.2) is 37.0 Å². The molecule has 112 valence electrons. The van der Waals surface area contributed by atoms with E-state index in [9.17, 15) is 5.11 Å². The number of ether oxygens (including phenoxy) is 1. The van der Waals surface area contributed by atoms with E-state index in [1.807, 2.05) is 48.5 Å². The van der Waals surface area contributed by atoms with E-state index in [1.165, 1.54) is 0 Å². The Balaban J connectivity index is 2.03. The van der Waals surface area contributed by atoms with E-state index in [4.69, 9.17) is 9.84 Å². The fraction of sp³-hybridized carbons (Fsp3) is 0.294. The normalized spacial score (nSPS) is 12.1. The minimum Gasteiger partial charge on any atom is -0.497 e. The van der Waals surface area contributed by atoms with Gasteiger partial charge >= 0.3 is 0 Å². The van der Waals surface area contributed by atoms with Crippen LogP contribution in [0.2, 0.25) is 0 Å². The Labute approximate surface area is 125 Å². The van der Waals surface area contributed by atoms with Gasteiger partial charge in [0.15, 0.2) is 0 Å². The van der Waals surface area contributed by atoms with Gasteiger partial charge in [-0.15, -0.1) is 0 Å². The van der Waals surface area contributed by atoms with Crippen molar-refractivity contribution in [2.24, 2.45) is 0 Å². The van der Waals surface area contributed by atoms with Crippen molar-refractivity contribution in [3.63, 3.8) is 0 Å². The monoisotopic (exact) mass is 287 g/mol. The van der Waals surface area contributed by atoms with Crippen LogP contribution in [0.1, 0.15) is 11.7 Å². The van der Waals surface area contributed by atoms with Gasteiger partial charge in [0.1, 0.15) is 5.75 Å². The maximum absolute atomic E-state index is 10.0. The lowest BCUT2D eigenvalue weighted by atomic mass is 10.0. The van der Waals surface area contributed by atoms with Gasteiger partial charge in [-0.1, -0.05) is 36.4 Å². The predicted molar refractivity (Wildman–Crippen MR) is 83.3 cm³/mol. The maximum atomic E-state index is 10.0. The van der Waals surface area contributed by atoms with Crippen molar-refractivity contribution in [2.45, 2.75) is 6.10 Å². The van der Waals surface area contributed by atoms with Crippen LogP contribution >= 0.6 is 0 Å². The quantitative estimate of drug-likeness (QED) is 0.681. The highest BCUT2D eigenvalue weighted by molar-refractivity contribution is 5.64. The van der Waals surface area contributed by atoms with Crippen LogP contribution in [0, 0.1) is 0 Å². The fourth-order valence-electron chi connectivity index (χ4n) is 2.12. The molecule has 0 aliphatic carbocycles. The zero-order chi connectivity index (χ0) is 15.1. The molecular weight excluding hydrogens is 266 g/mol. The van der Waals surface area contributed by atoms with E-state index >= 15 is 0 Å². The van der Waals surface area contributed by atoms with Crippen molar-refractivity contribution in [2.75, 3.05) is 26.8 Å². The molecule has 2 rings (SSSR count). The Kier molecular flexibility index (Phi) is 5.75. The molecule has 0 fully saturated rings. The molecule has 4 nitrogen and oxygen atoms in total. The third kappa shape index (κ3) is 4.29.